The molecule has 0 fully saturated rings. The highest BCUT2D eigenvalue weighted by Gasteiger charge is 2.27. The molecule has 1 aliphatic heterocycles. The predicted molar refractivity (Wildman–Crippen MR) is 56.7 cm³/mol. The highest BCUT2D eigenvalue weighted by atomic mass is 79.9. The summed E-state index contributed by atoms with van der Waals surface area (Å²) in [5, 5.41) is 2.67. The second-order valence-corrected chi connectivity index (χ2v) is 3.98. The van der Waals surface area contributed by atoms with Crippen molar-refractivity contribution in [3.8, 4) is 0 Å². The molecule has 5 heteroatoms. The molecule has 1 amide bonds. The number of nitrogens with one attached hydrogen (secondary N) is 1. The van der Waals surface area contributed by atoms with Gasteiger partial charge in [-0.2, -0.15) is 0 Å². The Morgan fingerprint density at radius 2 is 2.27 bits per heavy atom. The fourth-order valence-electron chi connectivity index (χ4n) is 1.59. The lowest BCUT2D eigenvalue weighted by Gasteiger charge is -2.05. The van der Waals surface area contributed by atoms with Crippen LogP contribution >= 0.6 is 15.9 Å². The Balaban J connectivity index is 2.64. The van der Waals surface area contributed by atoms with Gasteiger partial charge in [-0.15, -0.1) is 0 Å². The number of benzene rings is 1. The van der Waals surface area contributed by atoms with E-state index in [0.717, 1.165) is 10.0 Å². The normalized spacial score (nSPS) is 13.3. The SMILES string of the molecule is COC(=O)c1ccc(Br)c2c1C(=O)NC2. The van der Waals surface area contributed by atoms with Crippen molar-refractivity contribution in [1.82, 2.24) is 5.32 Å². The number of carbonyl (C=O) groups is 2. The molecule has 2 rings (SSSR count). The summed E-state index contributed by atoms with van der Waals surface area (Å²) in [5.41, 5.74) is 1.53. The van der Waals surface area contributed by atoms with Gasteiger partial charge in [-0.05, 0) is 17.7 Å². The number of rotatable bonds is 1. The van der Waals surface area contributed by atoms with Crippen molar-refractivity contribution < 1.29 is 14.3 Å². The second kappa shape index (κ2) is 3.66. The summed E-state index contributed by atoms with van der Waals surface area (Å²) >= 11 is 3.34. The lowest BCUT2D eigenvalue weighted by molar-refractivity contribution is 0.0597. The van der Waals surface area contributed by atoms with E-state index in [2.05, 4.69) is 26.0 Å². The highest BCUT2D eigenvalue weighted by Crippen LogP contribution is 2.28. The number of carbonyl (C=O) groups excluding carboxylic acids is 2. The molecule has 4 nitrogen and oxygen atoms in total. The van der Waals surface area contributed by atoms with Crippen LogP contribution in [-0.2, 0) is 11.3 Å². The molecular weight excluding hydrogens is 262 g/mol. The number of methoxy groups -OCH3 is 1. The van der Waals surface area contributed by atoms with E-state index in [1.807, 2.05) is 0 Å². The number of hydrogen-bond donors (Lipinski definition) is 1. The summed E-state index contributed by atoms with van der Waals surface area (Å²) < 4.78 is 5.44. The molecule has 0 unspecified atom stereocenters. The molecule has 1 N–H and O–H groups in total. The van der Waals surface area contributed by atoms with Crippen LogP contribution in [0, 0.1) is 0 Å². The van der Waals surface area contributed by atoms with Crippen LogP contribution in [0.25, 0.3) is 0 Å². The van der Waals surface area contributed by atoms with Gasteiger partial charge >= 0.3 is 5.97 Å². The fourth-order valence-corrected chi connectivity index (χ4v) is 2.06. The average molecular weight is 270 g/mol. The summed E-state index contributed by atoms with van der Waals surface area (Å²) in [6, 6.07) is 3.32. The van der Waals surface area contributed by atoms with Gasteiger partial charge in [-0.25, -0.2) is 4.79 Å². The zero-order valence-corrected chi connectivity index (χ0v) is 9.55. The maximum atomic E-state index is 11.5. The molecule has 1 aliphatic rings. The van der Waals surface area contributed by atoms with Gasteiger partial charge in [0, 0.05) is 11.0 Å². The second-order valence-electron chi connectivity index (χ2n) is 3.12. The largest absolute Gasteiger partial charge is 0.465 e. The quantitative estimate of drug-likeness (QED) is 0.786. The Kier molecular flexibility index (Phi) is 2.48. The zero-order valence-electron chi connectivity index (χ0n) is 7.96. The van der Waals surface area contributed by atoms with Gasteiger partial charge in [0.05, 0.1) is 18.2 Å². The number of esters is 1. The molecule has 78 valence electrons. The predicted octanol–water partition coefficient (Wildman–Crippen LogP) is 1.48. The molecule has 0 bridgehead atoms. The molecule has 0 aromatic heterocycles. The van der Waals surface area contributed by atoms with E-state index in [1.54, 1.807) is 12.1 Å². The Morgan fingerprint density at radius 1 is 1.53 bits per heavy atom. The first-order valence-corrected chi connectivity index (χ1v) is 5.12. The maximum Gasteiger partial charge on any atom is 0.338 e. The minimum absolute atomic E-state index is 0.230. The van der Waals surface area contributed by atoms with Crippen LogP contribution < -0.4 is 5.32 Å². The van der Waals surface area contributed by atoms with Crippen molar-refractivity contribution in [3.05, 3.63) is 33.3 Å². The lowest BCUT2D eigenvalue weighted by Crippen LogP contribution is -2.15. The molecule has 0 saturated carbocycles. The van der Waals surface area contributed by atoms with Crippen molar-refractivity contribution >= 4 is 27.8 Å². The third kappa shape index (κ3) is 1.52. The van der Waals surface area contributed by atoms with Crippen LogP contribution in [0.5, 0.6) is 0 Å². The third-order valence-electron chi connectivity index (χ3n) is 2.31. The first-order valence-electron chi connectivity index (χ1n) is 4.33. The molecule has 0 atom stereocenters. The Labute approximate surface area is 94.7 Å². The van der Waals surface area contributed by atoms with Crippen molar-refractivity contribution in [3.63, 3.8) is 0 Å². The Hall–Kier alpha value is -1.36. The molecule has 1 aromatic carbocycles. The van der Waals surface area contributed by atoms with Crippen LogP contribution in [0.1, 0.15) is 26.3 Å². The van der Waals surface area contributed by atoms with Gasteiger partial charge in [0.25, 0.3) is 5.91 Å². The van der Waals surface area contributed by atoms with E-state index >= 15 is 0 Å². The smallest absolute Gasteiger partial charge is 0.338 e. The number of hydrogen-bond acceptors (Lipinski definition) is 3. The summed E-state index contributed by atoms with van der Waals surface area (Å²) in [4.78, 5) is 22.9. The van der Waals surface area contributed by atoms with E-state index in [-0.39, 0.29) is 5.91 Å². The Morgan fingerprint density at radius 3 is 2.93 bits per heavy atom. The summed E-state index contributed by atoms with van der Waals surface area (Å²) in [6.07, 6.45) is 0. The van der Waals surface area contributed by atoms with E-state index in [4.69, 9.17) is 0 Å². The molecule has 0 aliphatic carbocycles. The van der Waals surface area contributed by atoms with Crippen molar-refractivity contribution in [2.75, 3.05) is 7.11 Å². The van der Waals surface area contributed by atoms with E-state index in [0.29, 0.717) is 17.7 Å². The first-order chi connectivity index (χ1) is 7.15. The van der Waals surface area contributed by atoms with Gasteiger partial charge in [0.15, 0.2) is 0 Å². The standard InChI is InChI=1S/C10H8BrNO3/c1-15-10(14)5-2-3-7(11)6-4-12-9(13)8(5)6/h2-3H,4H2,1H3,(H,12,13). The topological polar surface area (TPSA) is 55.4 Å². The maximum absolute atomic E-state index is 11.5. The van der Waals surface area contributed by atoms with Gasteiger partial charge in [0.2, 0.25) is 0 Å². The Bertz CT molecular complexity index is 456. The average Bonchev–Trinajstić information content (AvgIpc) is 2.62. The van der Waals surface area contributed by atoms with Crippen LogP contribution in [0.2, 0.25) is 0 Å². The third-order valence-corrected chi connectivity index (χ3v) is 3.06. The van der Waals surface area contributed by atoms with Crippen LogP contribution in [-0.4, -0.2) is 19.0 Å². The van der Waals surface area contributed by atoms with E-state index in [1.165, 1.54) is 7.11 Å². The van der Waals surface area contributed by atoms with Crippen LogP contribution in [0.15, 0.2) is 16.6 Å². The molecule has 0 radical (unpaired) electrons. The first kappa shape index (κ1) is 10.2. The molecule has 1 heterocycles. The number of ether oxygens (including phenoxy) is 1. The summed E-state index contributed by atoms with van der Waals surface area (Å²) in [7, 11) is 1.30. The zero-order chi connectivity index (χ0) is 11.0. The van der Waals surface area contributed by atoms with Gasteiger partial charge in [0.1, 0.15) is 0 Å². The van der Waals surface area contributed by atoms with Gasteiger partial charge in [-0.3, -0.25) is 4.79 Å². The number of fused-ring (bicyclic) bond motifs is 1. The number of halogens is 1. The van der Waals surface area contributed by atoms with E-state index in [9.17, 15) is 9.59 Å². The van der Waals surface area contributed by atoms with Gasteiger partial charge in [-0.1, -0.05) is 15.9 Å². The van der Waals surface area contributed by atoms with Crippen molar-refractivity contribution in [1.29, 1.82) is 0 Å². The monoisotopic (exact) mass is 269 g/mol. The molecule has 15 heavy (non-hydrogen) atoms. The summed E-state index contributed by atoms with van der Waals surface area (Å²) in [5.74, 6) is -0.720. The lowest BCUT2D eigenvalue weighted by atomic mass is 10.0. The van der Waals surface area contributed by atoms with Crippen LogP contribution in [0.4, 0.5) is 0 Å². The van der Waals surface area contributed by atoms with E-state index < -0.39 is 5.97 Å². The summed E-state index contributed by atoms with van der Waals surface area (Å²) in [6.45, 7) is 0.444. The fraction of sp³-hybridized carbons (Fsp3) is 0.200. The molecule has 1 aromatic rings. The van der Waals surface area contributed by atoms with Crippen molar-refractivity contribution in [2.45, 2.75) is 6.54 Å². The van der Waals surface area contributed by atoms with Crippen molar-refractivity contribution in [2.24, 2.45) is 0 Å². The molecule has 0 saturated heterocycles. The number of amides is 1. The minimum Gasteiger partial charge on any atom is -0.465 e. The minimum atomic E-state index is -0.490. The molecular formula is C10H8BrNO3. The molecule has 0 spiro atoms. The van der Waals surface area contributed by atoms with Gasteiger partial charge < -0.3 is 10.1 Å². The highest BCUT2D eigenvalue weighted by molar-refractivity contribution is 9.10. The van der Waals surface area contributed by atoms with Crippen LogP contribution in [0.3, 0.4) is 0 Å².